The lowest BCUT2D eigenvalue weighted by Crippen LogP contribution is -2.00. The van der Waals surface area contributed by atoms with E-state index in [1.54, 1.807) is 18.0 Å². The second-order valence-corrected chi connectivity index (χ2v) is 7.72. The van der Waals surface area contributed by atoms with Gasteiger partial charge in [-0.2, -0.15) is 0 Å². The molecular weight excluding hydrogens is 378 g/mol. The number of furan rings is 1. The van der Waals surface area contributed by atoms with Crippen molar-refractivity contribution in [1.29, 1.82) is 0 Å². The predicted octanol–water partition coefficient (Wildman–Crippen LogP) is 5.92. The van der Waals surface area contributed by atoms with E-state index in [9.17, 15) is 0 Å². The van der Waals surface area contributed by atoms with Crippen LogP contribution >= 0.6 is 23.4 Å². The lowest BCUT2D eigenvalue weighted by molar-refractivity contribution is 0.534. The molecule has 4 rings (SSSR count). The van der Waals surface area contributed by atoms with Gasteiger partial charge >= 0.3 is 0 Å². The largest absolute Gasteiger partial charge is 0.469 e. The first kappa shape index (κ1) is 17.9. The molecule has 2 heterocycles. The molecule has 0 unspecified atom stereocenters. The fraction of sp³-hybridized carbons (Fsp3) is 0.143. The van der Waals surface area contributed by atoms with Gasteiger partial charge in [-0.15, -0.1) is 10.2 Å². The summed E-state index contributed by atoms with van der Waals surface area (Å²) in [5, 5.41) is 10.5. The van der Waals surface area contributed by atoms with Crippen molar-refractivity contribution < 1.29 is 4.42 Å². The fourth-order valence-corrected chi connectivity index (χ4v) is 4.22. The monoisotopic (exact) mass is 395 g/mol. The van der Waals surface area contributed by atoms with Crippen LogP contribution in [0.15, 0.2) is 76.5 Å². The standard InChI is InChI=1S/C21H18ClN3OS/c1-14-18(12-13-26-14)20-23-24-21(25(20)2)27-19(15-6-4-3-5-7-15)16-8-10-17(22)11-9-16/h3-13,19H,1-2H3/t19-/m1/s1. The molecule has 0 aliphatic carbocycles. The van der Waals surface area contributed by atoms with Crippen molar-refractivity contribution in [2.45, 2.75) is 17.3 Å². The highest BCUT2D eigenvalue weighted by Gasteiger charge is 2.21. The number of aryl methyl sites for hydroxylation is 1. The van der Waals surface area contributed by atoms with Crippen LogP contribution in [0.25, 0.3) is 11.4 Å². The molecule has 2 aromatic heterocycles. The Balaban J connectivity index is 1.72. The summed E-state index contributed by atoms with van der Waals surface area (Å²) in [6.45, 7) is 1.93. The number of hydrogen-bond acceptors (Lipinski definition) is 4. The normalized spacial score (nSPS) is 12.3. The number of thioether (sulfide) groups is 1. The average molecular weight is 396 g/mol. The lowest BCUT2D eigenvalue weighted by atomic mass is 10.0. The van der Waals surface area contributed by atoms with E-state index in [2.05, 4.69) is 46.6 Å². The Labute approximate surface area is 167 Å². The topological polar surface area (TPSA) is 43.9 Å². The van der Waals surface area contributed by atoms with Gasteiger partial charge in [0.05, 0.1) is 17.1 Å². The molecule has 0 N–H and O–H groups in total. The Morgan fingerprint density at radius 1 is 0.963 bits per heavy atom. The minimum atomic E-state index is 0.0877. The van der Waals surface area contributed by atoms with Crippen LogP contribution in [0, 0.1) is 6.92 Å². The van der Waals surface area contributed by atoms with E-state index in [-0.39, 0.29) is 5.25 Å². The fourth-order valence-electron chi connectivity index (χ4n) is 2.97. The van der Waals surface area contributed by atoms with Crippen molar-refractivity contribution in [3.8, 4) is 11.4 Å². The highest BCUT2D eigenvalue weighted by molar-refractivity contribution is 7.99. The summed E-state index contributed by atoms with van der Waals surface area (Å²) in [6, 6.07) is 20.3. The van der Waals surface area contributed by atoms with E-state index in [0.29, 0.717) is 0 Å². The van der Waals surface area contributed by atoms with Crippen molar-refractivity contribution in [1.82, 2.24) is 14.8 Å². The molecule has 0 spiro atoms. The predicted molar refractivity (Wildman–Crippen MR) is 109 cm³/mol. The van der Waals surface area contributed by atoms with Crippen LogP contribution in [0.1, 0.15) is 22.1 Å². The molecule has 0 amide bonds. The van der Waals surface area contributed by atoms with Crippen LogP contribution in [0.4, 0.5) is 0 Å². The van der Waals surface area contributed by atoms with E-state index < -0.39 is 0 Å². The molecule has 0 fully saturated rings. The molecule has 0 radical (unpaired) electrons. The van der Waals surface area contributed by atoms with E-state index >= 15 is 0 Å². The zero-order valence-corrected chi connectivity index (χ0v) is 16.5. The molecule has 6 heteroatoms. The molecule has 4 nitrogen and oxygen atoms in total. The maximum absolute atomic E-state index is 6.08. The molecule has 0 aliphatic rings. The van der Waals surface area contributed by atoms with Gasteiger partial charge in [0, 0.05) is 12.1 Å². The van der Waals surface area contributed by atoms with Gasteiger partial charge in [0.25, 0.3) is 0 Å². The number of aromatic nitrogens is 3. The van der Waals surface area contributed by atoms with Gasteiger partial charge in [-0.05, 0) is 36.2 Å². The second kappa shape index (κ2) is 7.62. The van der Waals surface area contributed by atoms with Gasteiger partial charge in [-0.1, -0.05) is 65.8 Å². The Hall–Kier alpha value is -2.50. The summed E-state index contributed by atoms with van der Waals surface area (Å²) < 4.78 is 7.42. The summed E-state index contributed by atoms with van der Waals surface area (Å²) in [5.74, 6) is 1.63. The third-order valence-electron chi connectivity index (χ3n) is 4.43. The van der Waals surface area contributed by atoms with Gasteiger partial charge < -0.3 is 8.98 Å². The Bertz CT molecular complexity index is 1040. The SMILES string of the molecule is Cc1occc1-c1nnc(S[C@H](c2ccccc2)c2ccc(Cl)cc2)n1C. The van der Waals surface area contributed by atoms with Crippen LogP contribution < -0.4 is 0 Å². The quantitative estimate of drug-likeness (QED) is 0.393. The summed E-state index contributed by atoms with van der Waals surface area (Å²) in [4.78, 5) is 0. The third-order valence-corrected chi connectivity index (χ3v) is 6.03. The molecule has 0 bridgehead atoms. The van der Waals surface area contributed by atoms with Crippen LogP contribution in [0.5, 0.6) is 0 Å². The van der Waals surface area contributed by atoms with Crippen molar-refractivity contribution in [2.75, 3.05) is 0 Å². The van der Waals surface area contributed by atoms with Crippen molar-refractivity contribution in [3.63, 3.8) is 0 Å². The summed E-state index contributed by atoms with van der Waals surface area (Å²) >= 11 is 7.75. The Morgan fingerprint density at radius 3 is 2.33 bits per heavy atom. The van der Waals surface area contributed by atoms with Gasteiger partial charge in [0.15, 0.2) is 11.0 Å². The van der Waals surface area contributed by atoms with Crippen LogP contribution in [-0.2, 0) is 7.05 Å². The maximum Gasteiger partial charge on any atom is 0.192 e. The van der Waals surface area contributed by atoms with Crippen LogP contribution in [-0.4, -0.2) is 14.8 Å². The molecule has 27 heavy (non-hydrogen) atoms. The van der Waals surface area contributed by atoms with Gasteiger partial charge in [0.1, 0.15) is 5.76 Å². The first-order valence-electron chi connectivity index (χ1n) is 8.54. The maximum atomic E-state index is 6.08. The van der Waals surface area contributed by atoms with E-state index in [1.807, 2.05) is 42.8 Å². The number of hydrogen-bond donors (Lipinski definition) is 0. The van der Waals surface area contributed by atoms with Gasteiger partial charge in [0.2, 0.25) is 0 Å². The highest BCUT2D eigenvalue weighted by atomic mass is 35.5. The van der Waals surface area contributed by atoms with Gasteiger partial charge in [-0.3, -0.25) is 0 Å². The first-order chi connectivity index (χ1) is 13.1. The number of nitrogens with zero attached hydrogens (tertiary/aromatic N) is 3. The van der Waals surface area contributed by atoms with Crippen molar-refractivity contribution >= 4 is 23.4 Å². The minimum Gasteiger partial charge on any atom is -0.469 e. The number of benzene rings is 2. The van der Waals surface area contributed by atoms with E-state index in [1.165, 1.54) is 11.1 Å². The zero-order valence-electron chi connectivity index (χ0n) is 15.0. The number of rotatable bonds is 5. The van der Waals surface area contributed by atoms with Gasteiger partial charge in [-0.25, -0.2) is 0 Å². The Kier molecular flexibility index (Phi) is 5.05. The van der Waals surface area contributed by atoms with Crippen molar-refractivity contribution in [2.24, 2.45) is 7.05 Å². The molecule has 0 saturated heterocycles. The zero-order chi connectivity index (χ0) is 18.8. The molecule has 4 aromatic rings. The summed E-state index contributed by atoms with van der Waals surface area (Å²) in [6.07, 6.45) is 1.67. The van der Waals surface area contributed by atoms with Crippen LogP contribution in [0.2, 0.25) is 5.02 Å². The lowest BCUT2D eigenvalue weighted by Gasteiger charge is -2.17. The summed E-state index contributed by atoms with van der Waals surface area (Å²) in [5.41, 5.74) is 3.33. The van der Waals surface area contributed by atoms with Crippen LogP contribution in [0.3, 0.4) is 0 Å². The Morgan fingerprint density at radius 2 is 1.67 bits per heavy atom. The van der Waals surface area contributed by atoms with E-state index in [0.717, 1.165) is 27.3 Å². The molecule has 1 atom stereocenters. The van der Waals surface area contributed by atoms with E-state index in [4.69, 9.17) is 16.0 Å². The molecular formula is C21H18ClN3OS. The van der Waals surface area contributed by atoms with Crippen molar-refractivity contribution in [3.05, 3.63) is 88.8 Å². The molecule has 2 aromatic carbocycles. The average Bonchev–Trinajstić information content (AvgIpc) is 3.26. The second-order valence-electron chi connectivity index (χ2n) is 6.22. The molecule has 0 aliphatic heterocycles. The first-order valence-corrected chi connectivity index (χ1v) is 9.80. The smallest absolute Gasteiger partial charge is 0.192 e. The molecule has 0 saturated carbocycles. The third kappa shape index (κ3) is 3.66. The molecule has 136 valence electrons. The summed E-state index contributed by atoms with van der Waals surface area (Å²) in [7, 11) is 1.98. The number of halogens is 1. The minimum absolute atomic E-state index is 0.0877. The highest BCUT2D eigenvalue weighted by Crippen LogP contribution is 2.40.